The van der Waals surface area contributed by atoms with Crippen molar-refractivity contribution in [2.75, 3.05) is 0 Å². The molecule has 0 aliphatic carbocycles. The molecule has 108 valence electrons. The molecule has 21 heavy (non-hydrogen) atoms. The fraction of sp³-hybridized carbons (Fsp3) is 0. The molecule has 0 aliphatic rings. The minimum atomic E-state index is -0.987. The van der Waals surface area contributed by atoms with Crippen molar-refractivity contribution < 1.29 is 23.5 Å². The molecular weight excluding hydrogens is 282 g/mol. The number of hydrogen-bond donors (Lipinski definition) is 3. The number of halogens is 2. The first kappa shape index (κ1) is 14.4. The summed E-state index contributed by atoms with van der Waals surface area (Å²) in [5.41, 5.74) is 3.67. The van der Waals surface area contributed by atoms with Gasteiger partial charge in [-0.2, -0.15) is 0 Å². The molecule has 0 atom stereocenters. The van der Waals surface area contributed by atoms with E-state index in [1.807, 2.05) is 5.43 Å². The smallest absolute Gasteiger partial charge is 0.272 e. The normalized spacial score (nSPS) is 10.0. The van der Waals surface area contributed by atoms with Crippen LogP contribution in [0.25, 0.3) is 0 Å². The van der Waals surface area contributed by atoms with E-state index in [2.05, 4.69) is 5.43 Å². The molecule has 0 saturated heterocycles. The molecule has 0 aromatic heterocycles. The van der Waals surface area contributed by atoms with Gasteiger partial charge in [0.15, 0.2) is 0 Å². The average molecular weight is 292 g/mol. The minimum Gasteiger partial charge on any atom is -0.508 e. The Balaban J connectivity index is 2.02. The van der Waals surface area contributed by atoms with Crippen LogP contribution in [0.5, 0.6) is 5.75 Å². The van der Waals surface area contributed by atoms with Gasteiger partial charge in [-0.25, -0.2) is 8.78 Å². The summed E-state index contributed by atoms with van der Waals surface area (Å²) in [6, 6.07) is 7.66. The maximum atomic E-state index is 13.3. The molecular formula is C14H10F2N2O3. The summed E-state index contributed by atoms with van der Waals surface area (Å²) < 4.78 is 26.3. The van der Waals surface area contributed by atoms with E-state index in [0.29, 0.717) is 0 Å². The Bertz CT molecular complexity index is 687. The minimum absolute atomic E-state index is 0.0163. The molecule has 0 saturated carbocycles. The summed E-state index contributed by atoms with van der Waals surface area (Å²) in [5.74, 6) is -3.35. The van der Waals surface area contributed by atoms with E-state index < -0.39 is 29.0 Å². The standard InChI is InChI=1S/C14H10F2N2O3/c15-9-3-6-12(16)11(7-9)14(21)18-17-13(20)8-1-4-10(19)5-2-8/h1-7,19H,(H,17,20)(H,18,21). The Morgan fingerprint density at radius 2 is 1.52 bits per heavy atom. The highest BCUT2D eigenvalue weighted by Gasteiger charge is 2.14. The summed E-state index contributed by atoms with van der Waals surface area (Å²) in [7, 11) is 0. The lowest BCUT2D eigenvalue weighted by Gasteiger charge is -2.08. The number of benzene rings is 2. The lowest BCUT2D eigenvalue weighted by Crippen LogP contribution is -2.42. The molecule has 2 amide bonds. The van der Waals surface area contributed by atoms with Gasteiger partial charge in [0.25, 0.3) is 11.8 Å². The molecule has 0 spiro atoms. The van der Waals surface area contributed by atoms with Crippen LogP contribution in [-0.4, -0.2) is 16.9 Å². The third-order valence-corrected chi connectivity index (χ3v) is 2.59. The van der Waals surface area contributed by atoms with Crippen molar-refractivity contribution in [2.45, 2.75) is 0 Å². The summed E-state index contributed by atoms with van der Waals surface area (Å²) in [5, 5.41) is 9.08. The van der Waals surface area contributed by atoms with Crippen molar-refractivity contribution in [3.8, 4) is 5.75 Å². The predicted octanol–water partition coefficient (Wildman–Crippen LogP) is 1.75. The molecule has 0 bridgehead atoms. The zero-order chi connectivity index (χ0) is 15.4. The van der Waals surface area contributed by atoms with Gasteiger partial charge < -0.3 is 5.11 Å². The van der Waals surface area contributed by atoms with E-state index in [9.17, 15) is 18.4 Å². The van der Waals surface area contributed by atoms with Gasteiger partial charge in [0.05, 0.1) is 5.56 Å². The van der Waals surface area contributed by atoms with Crippen molar-refractivity contribution in [3.05, 3.63) is 65.2 Å². The first-order chi connectivity index (χ1) is 9.97. The number of hydrogen-bond acceptors (Lipinski definition) is 3. The largest absolute Gasteiger partial charge is 0.508 e. The maximum Gasteiger partial charge on any atom is 0.272 e. The van der Waals surface area contributed by atoms with Crippen molar-refractivity contribution in [1.82, 2.24) is 10.9 Å². The van der Waals surface area contributed by atoms with Gasteiger partial charge in [-0.05, 0) is 42.5 Å². The second-order valence-electron chi connectivity index (χ2n) is 4.08. The zero-order valence-electron chi connectivity index (χ0n) is 10.6. The topological polar surface area (TPSA) is 78.4 Å². The van der Waals surface area contributed by atoms with E-state index in [1.165, 1.54) is 24.3 Å². The summed E-state index contributed by atoms with van der Waals surface area (Å²) in [4.78, 5) is 23.3. The van der Waals surface area contributed by atoms with Gasteiger partial charge in [0, 0.05) is 5.56 Å². The third kappa shape index (κ3) is 3.53. The highest BCUT2D eigenvalue weighted by atomic mass is 19.1. The van der Waals surface area contributed by atoms with Gasteiger partial charge in [0.1, 0.15) is 17.4 Å². The van der Waals surface area contributed by atoms with Gasteiger partial charge in [0.2, 0.25) is 0 Å². The number of phenols is 1. The van der Waals surface area contributed by atoms with Crippen molar-refractivity contribution in [1.29, 1.82) is 0 Å². The summed E-state index contributed by atoms with van der Waals surface area (Å²) in [6.07, 6.45) is 0. The number of amides is 2. The Morgan fingerprint density at radius 3 is 2.19 bits per heavy atom. The molecule has 7 heteroatoms. The van der Waals surface area contributed by atoms with Crippen molar-refractivity contribution in [3.63, 3.8) is 0 Å². The Kier molecular flexibility index (Phi) is 4.13. The predicted molar refractivity (Wildman–Crippen MR) is 69.4 cm³/mol. The van der Waals surface area contributed by atoms with Crippen LogP contribution in [0.3, 0.4) is 0 Å². The number of carbonyl (C=O) groups is 2. The van der Waals surface area contributed by atoms with Crippen LogP contribution < -0.4 is 10.9 Å². The summed E-state index contributed by atoms with van der Waals surface area (Å²) in [6.45, 7) is 0. The van der Waals surface area contributed by atoms with E-state index in [0.717, 1.165) is 18.2 Å². The molecule has 2 aromatic carbocycles. The van der Waals surface area contributed by atoms with Gasteiger partial charge in [-0.15, -0.1) is 0 Å². The monoisotopic (exact) mass is 292 g/mol. The highest BCUT2D eigenvalue weighted by Crippen LogP contribution is 2.10. The van der Waals surface area contributed by atoms with Gasteiger partial charge in [-0.1, -0.05) is 0 Å². The van der Waals surface area contributed by atoms with Crippen LogP contribution in [0.4, 0.5) is 8.78 Å². The molecule has 0 radical (unpaired) electrons. The third-order valence-electron chi connectivity index (χ3n) is 2.59. The highest BCUT2D eigenvalue weighted by molar-refractivity contribution is 5.99. The van der Waals surface area contributed by atoms with Crippen LogP contribution in [0, 0.1) is 11.6 Å². The Labute approximate surface area is 118 Å². The quantitative estimate of drug-likeness (QED) is 0.738. The maximum absolute atomic E-state index is 13.3. The first-order valence-corrected chi connectivity index (χ1v) is 5.82. The number of rotatable bonds is 2. The van der Waals surface area contributed by atoms with Gasteiger partial charge in [-0.3, -0.25) is 20.4 Å². The van der Waals surface area contributed by atoms with Crippen molar-refractivity contribution in [2.24, 2.45) is 0 Å². The second kappa shape index (κ2) is 6.00. The lowest BCUT2D eigenvalue weighted by atomic mass is 10.2. The number of phenolic OH excluding ortho intramolecular Hbond substituents is 1. The van der Waals surface area contributed by atoms with Crippen LogP contribution in [-0.2, 0) is 0 Å². The fourth-order valence-electron chi connectivity index (χ4n) is 1.54. The van der Waals surface area contributed by atoms with Crippen LogP contribution in [0.2, 0.25) is 0 Å². The molecule has 0 aliphatic heterocycles. The second-order valence-corrected chi connectivity index (χ2v) is 4.08. The molecule has 3 N–H and O–H groups in total. The number of hydrazine groups is 1. The Morgan fingerprint density at radius 1 is 0.905 bits per heavy atom. The van der Waals surface area contributed by atoms with E-state index >= 15 is 0 Å². The zero-order valence-corrected chi connectivity index (χ0v) is 10.6. The average Bonchev–Trinajstić information content (AvgIpc) is 2.47. The SMILES string of the molecule is O=C(NNC(=O)c1cc(F)ccc1F)c1ccc(O)cc1. The molecule has 0 unspecified atom stereocenters. The van der Waals surface area contributed by atoms with E-state index in [4.69, 9.17) is 5.11 Å². The molecule has 0 heterocycles. The summed E-state index contributed by atoms with van der Waals surface area (Å²) >= 11 is 0. The number of carbonyl (C=O) groups excluding carboxylic acids is 2. The first-order valence-electron chi connectivity index (χ1n) is 5.82. The fourth-order valence-corrected chi connectivity index (χ4v) is 1.54. The van der Waals surface area contributed by atoms with Crippen LogP contribution >= 0.6 is 0 Å². The van der Waals surface area contributed by atoms with Crippen LogP contribution in [0.15, 0.2) is 42.5 Å². The molecule has 0 fully saturated rings. The molecule has 2 aromatic rings. The molecule has 5 nitrogen and oxygen atoms in total. The number of nitrogens with one attached hydrogen (secondary N) is 2. The van der Waals surface area contributed by atoms with Crippen molar-refractivity contribution >= 4 is 11.8 Å². The Hall–Kier alpha value is -2.96. The van der Waals surface area contributed by atoms with Gasteiger partial charge >= 0.3 is 0 Å². The number of aromatic hydroxyl groups is 1. The van der Waals surface area contributed by atoms with E-state index in [-0.39, 0.29) is 11.3 Å². The van der Waals surface area contributed by atoms with Crippen LogP contribution in [0.1, 0.15) is 20.7 Å². The molecule has 2 rings (SSSR count). The van der Waals surface area contributed by atoms with E-state index in [1.54, 1.807) is 0 Å². The lowest BCUT2D eigenvalue weighted by molar-refractivity contribution is 0.0844.